The first kappa shape index (κ1) is 26.0. The molecule has 0 bridgehead atoms. The molecular formula is C28H32ClN3O4. The van der Waals surface area contributed by atoms with Crippen molar-refractivity contribution in [2.45, 2.75) is 45.3 Å². The van der Waals surface area contributed by atoms with E-state index in [0.717, 1.165) is 22.1 Å². The van der Waals surface area contributed by atoms with E-state index in [-0.39, 0.29) is 0 Å². The normalized spacial score (nSPS) is 16.4. The molecule has 2 aromatic carbocycles. The number of nitrogens with zero attached hydrogens (tertiary/aromatic N) is 3. The molecule has 36 heavy (non-hydrogen) atoms. The Morgan fingerprint density at radius 1 is 1.17 bits per heavy atom. The molecule has 0 spiro atoms. The van der Waals surface area contributed by atoms with E-state index in [2.05, 4.69) is 11.0 Å². The summed E-state index contributed by atoms with van der Waals surface area (Å²) in [7, 11) is 1.59. The smallest absolute Gasteiger partial charge is 0.419 e. The second-order valence-corrected chi connectivity index (χ2v) is 10.6. The number of aromatic nitrogens is 1. The van der Waals surface area contributed by atoms with Crippen LogP contribution in [-0.2, 0) is 21.4 Å². The molecule has 1 aliphatic rings. The van der Waals surface area contributed by atoms with Crippen LogP contribution in [0.25, 0.3) is 10.9 Å². The molecule has 1 aliphatic heterocycles. The number of halogens is 1. The number of morpholine rings is 1. The van der Waals surface area contributed by atoms with Gasteiger partial charge in [-0.05, 0) is 57.0 Å². The monoisotopic (exact) mass is 509 g/mol. The van der Waals surface area contributed by atoms with Crippen LogP contribution in [0.2, 0.25) is 5.02 Å². The van der Waals surface area contributed by atoms with Crippen LogP contribution >= 0.6 is 11.6 Å². The lowest BCUT2D eigenvalue weighted by atomic mass is 9.82. The summed E-state index contributed by atoms with van der Waals surface area (Å²) in [4.78, 5) is 15.4. The van der Waals surface area contributed by atoms with Crippen molar-refractivity contribution in [3.05, 3.63) is 64.3 Å². The lowest BCUT2D eigenvalue weighted by Crippen LogP contribution is -2.52. The van der Waals surface area contributed by atoms with E-state index < -0.39 is 17.2 Å². The van der Waals surface area contributed by atoms with Crippen LogP contribution in [0.3, 0.4) is 0 Å². The van der Waals surface area contributed by atoms with Crippen LogP contribution in [-0.4, -0.2) is 54.6 Å². The summed E-state index contributed by atoms with van der Waals surface area (Å²) in [6.07, 6.45) is 1.62. The van der Waals surface area contributed by atoms with Crippen molar-refractivity contribution in [1.29, 1.82) is 5.26 Å². The Labute approximate surface area is 217 Å². The zero-order valence-electron chi connectivity index (χ0n) is 21.4. The van der Waals surface area contributed by atoms with Crippen LogP contribution < -0.4 is 4.74 Å². The first-order valence-electron chi connectivity index (χ1n) is 12.0. The first-order valence-corrected chi connectivity index (χ1v) is 12.4. The average Bonchev–Trinajstić information content (AvgIpc) is 3.22. The highest BCUT2D eigenvalue weighted by Gasteiger charge is 2.43. The molecule has 0 aliphatic carbocycles. The maximum absolute atomic E-state index is 13.3. The van der Waals surface area contributed by atoms with Crippen molar-refractivity contribution >= 4 is 28.6 Å². The molecular weight excluding hydrogens is 478 g/mol. The Bertz CT molecular complexity index is 1310. The van der Waals surface area contributed by atoms with Gasteiger partial charge in [-0.3, -0.25) is 9.47 Å². The van der Waals surface area contributed by atoms with Gasteiger partial charge in [0.2, 0.25) is 0 Å². The van der Waals surface area contributed by atoms with Gasteiger partial charge in [-0.25, -0.2) is 4.79 Å². The van der Waals surface area contributed by atoms with E-state index in [1.54, 1.807) is 25.4 Å². The molecule has 0 amide bonds. The van der Waals surface area contributed by atoms with Crippen LogP contribution in [0.1, 0.15) is 37.5 Å². The Morgan fingerprint density at radius 3 is 2.53 bits per heavy atom. The minimum absolute atomic E-state index is 0.338. The quantitative estimate of drug-likeness (QED) is 0.440. The zero-order chi connectivity index (χ0) is 26.1. The minimum Gasteiger partial charge on any atom is -0.496 e. The number of ether oxygens (including phenoxy) is 3. The Kier molecular flexibility index (Phi) is 7.33. The number of rotatable bonds is 5. The molecule has 1 saturated heterocycles. The summed E-state index contributed by atoms with van der Waals surface area (Å²) < 4.78 is 18.5. The molecule has 8 heteroatoms. The summed E-state index contributed by atoms with van der Waals surface area (Å²) in [5.41, 5.74) is 1.54. The maximum Gasteiger partial charge on any atom is 0.419 e. The van der Waals surface area contributed by atoms with Crippen molar-refractivity contribution in [2.75, 3.05) is 33.4 Å². The van der Waals surface area contributed by atoms with E-state index in [0.29, 0.717) is 49.0 Å². The number of hydrogen-bond acceptors (Lipinski definition) is 6. The number of methoxy groups -OCH3 is 1. The summed E-state index contributed by atoms with van der Waals surface area (Å²) in [5.74, 6) is 0.613. The second kappa shape index (κ2) is 10.1. The van der Waals surface area contributed by atoms with Gasteiger partial charge >= 0.3 is 6.09 Å². The van der Waals surface area contributed by atoms with Crippen LogP contribution in [0.5, 0.6) is 5.75 Å². The van der Waals surface area contributed by atoms with E-state index in [1.807, 2.05) is 52.0 Å². The fraction of sp³-hybridized carbons (Fsp3) is 0.429. The molecule has 1 atom stereocenters. The number of nitriles is 1. The van der Waals surface area contributed by atoms with Crippen molar-refractivity contribution in [2.24, 2.45) is 0 Å². The number of hydrogen-bond donors (Lipinski definition) is 0. The number of carbonyl (C=O) groups is 1. The van der Waals surface area contributed by atoms with E-state index in [9.17, 15) is 10.1 Å². The molecule has 1 aromatic heterocycles. The lowest BCUT2D eigenvalue weighted by Gasteiger charge is -2.41. The molecule has 190 valence electrons. The third-order valence-electron chi connectivity index (χ3n) is 6.43. The third kappa shape index (κ3) is 5.08. The van der Waals surface area contributed by atoms with Crippen molar-refractivity contribution in [3.8, 4) is 11.8 Å². The van der Waals surface area contributed by atoms with Gasteiger partial charge in [0.05, 0.1) is 31.9 Å². The van der Waals surface area contributed by atoms with Crippen molar-refractivity contribution in [3.63, 3.8) is 0 Å². The molecule has 0 radical (unpaired) electrons. The standard InChI is InChI=1S/C28H32ClN3O4/c1-19-6-9-22-23(17-32(24(22)14-19)26(33)36-27(2,3)4)28(18-30,31-10-12-35-13-11-31)16-20-7-8-21(29)15-25(20)34-5/h6-9,14-15,17H,10-13,16H2,1-5H3. The van der Waals surface area contributed by atoms with Gasteiger partial charge in [0.15, 0.2) is 0 Å². The molecule has 0 N–H and O–H groups in total. The zero-order valence-corrected chi connectivity index (χ0v) is 22.2. The highest BCUT2D eigenvalue weighted by atomic mass is 35.5. The Morgan fingerprint density at radius 2 is 1.89 bits per heavy atom. The summed E-state index contributed by atoms with van der Waals surface area (Å²) in [6.45, 7) is 9.68. The van der Waals surface area contributed by atoms with E-state index >= 15 is 0 Å². The summed E-state index contributed by atoms with van der Waals surface area (Å²) >= 11 is 6.22. The second-order valence-electron chi connectivity index (χ2n) is 10.1. The first-order chi connectivity index (χ1) is 17.1. The van der Waals surface area contributed by atoms with Gasteiger partial charge in [0.25, 0.3) is 0 Å². The predicted octanol–water partition coefficient (Wildman–Crippen LogP) is 5.69. The van der Waals surface area contributed by atoms with Crippen molar-refractivity contribution in [1.82, 2.24) is 9.47 Å². The van der Waals surface area contributed by atoms with Crippen LogP contribution in [0.15, 0.2) is 42.6 Å². The number of aryl methyl sites for hydroxylation is 1. The SMILES string of the molecule is COc1cc(Cl)ccc1CC(C#N)(c1cn(C(=O)OC(C)(C)C)c2cc(C)ccc12)N1CCOCC1. The molecule has 7 nitrogen and oxygen atoms in total. The summed E-state index contributed by atoms with van der Waals surface area (Å²) in [5, 5.41) is 12.3. The maximum atomic E-state index is 13.3. The largest absolute Gasteiger partial charge is 0.496 e. The fourth-order valence-corrected chi connectivity index (χ4v) is 4.92. The average molecular weight is 510 g/mol. The highest BCUT2D eigenvalue weighted by Crippen LogP contribution is 2.40. The van der Waals surface area contributed by atoms with Gasteiger partial charge in [0.1, 0.15) is 16.9 Å². The van der Waals surface area contributed by atoms with Gasteiger partial charge in [-0.1, -0.05) is 29.8 Å². The van der Waals surface area contributed by atoms with E-state index in [4.69, 9.17) is 25.8 Å². The number of benzene rings is 2. The number of carbonyl (C=O) groups excluding carboxylic acids is 1. The molecule has 1 fully saturated rings. The van der Waals surface area contributed by atoms with Gasteiger partial charge < -0.3 is 14.2 Å². The predicted molar refractivity (Wildman–Crippen MR) is 140 cm³/mol. The topological polar surface area (TPSA) is 76.7 Å². The fourth-order valence-electron chi connectivity index (χ4n) is 4.76. The van der Waals surface area contributed by atoms with E-state index in [1.165, 1.54) is 4.57 Å². The lowest BCUT2D eigenvalue weighted by molar-refractivity contribution is -0.00495. The van der Waals surface area contributed by atoms with Gasteiger partial charge in [-0.2, -0.15) is 5.26 Å². The molecule has 3 aromatic rings. The van der Waals surface area contributed by atoms with Crippen LogP contribution in [0.4, 0.5) is 4.79 Å². The molecule has 4 rings (SSSR count). The summed E-state index contributed by atoms with van der Waals surface area (Å²) in [6, 6.07) is 14.0. The van der Waals surface area contributed by atoms with Crippen molar-refractivity contribution < 1.29 is 19.0 Å². The molecule has 1 unspecified atom stereocenters. The van der Waals surface area contributed by atoms with Gasteiger partial charge in [-0.15, -0.1) is 0 Å². The third-order valence-corrected chi connectivity index (χ3v) is 6.66. The minimum atomic E-state index is -1.09. The Hall–Kier alpha value is -3.05. The van der Waals surface area contributed by atoms with Crippen LogP contribution in [0, 0.1) is 18.3 Å². The van der Waals surface area contributed by atoms with Gasteiger partial charge in [0, 0.05) is 41.7 Å². The highest BCUT2D eigenvalue weighted by molar-refractivity contribution is 6.30. The number of fused-ring (bicyclic) bond motifs is 1. The molecule has 2 heterocycles. The Balaban J connectivity index is 1.95. The molecule has 0 saturated carbocycles.